The van der Waals surface area contributed by atoms with Gasteiger partial charge in [0, 0.05) is 12.4 Å². The van der Waals surface area contributed by atoms with Crippen molar-refractivity contribution in [2.45, 2.75) is 13.3 Å². The lowest BCUT2D eigenvalue weighted by Crippen LogP contribution is -2.06. The minimum absolute atomic E-state index is 0.737. The lowest BCUT2D eigenvalue weighted by molar-refractivity contribution is 0.0541. The van der Waals surface area contributed by atoms with Gasteiger partial charge in [-0.15, -0.1) is 0 Å². The van der Waals surface area contributed by atoms with Gasteiger partial charge in [-0.2, -0.15) is 11.8 Å². The number of hydrogen-bond acceptors (Lipinski definition) is 3. The van der Waals surface area contributed by atoms with Crippen LogP contribution in [0.25, 0.3) is 0 Å². The van der Waals surface area contributed by atoms with Crippen LogP contribution in [-0.2, 0) is 9.47 Å². The monoisotopic (exact) mass is 178 g/mol. The predicted octanol–water partition coefficient (Wildman–Crippen LogP) is 1.79. The van der Waals surface area contributed by atoms with E-state index in [9.17, 15) is 0 Å². The Morgan fingerprint density at radius 1 is 1.00 bits per heavy atom. The molecule has 68 valence electrons. The van der Waals surface area contributed by atoms with Gasteiger partial charge in [0.25, 0.3) is 0 Å². The summed E-state index contributed by atoms with van der Waals surface area (Å²) >= 11 is 1.80. The molecule has 0 radical (unpaired) electrons. The first-order valence-corrected chi connectivity index (χ1v) is 5.45. The minimum Gasteiger partial charge on any atom is -0.379 e. The third-order valence-corrected chi connectivity index (χ3v) is 1.73. The molecule has 0 bridgehead atoms. The average molecular weight is 178 g/mol. The van der Waals surface area contributed by atoms with Gasteiger partial charge in [-0.05, 0) is 12.7 Å². The Balaban J connectivity index is 2.69. The average Bonchev–Trinajstić information content (AvgIpc) is 2.03. The molecule has 0 aliphatic heterocycles. The molecule has 0 unspecified atom stereocenters. The van der Waals surface area contributed by atoms with Crippen LogP contribution in [0, 0.1) is 0 Å². The van der Waals surface area contributed by atoms with Crippen molar-refractivity contribution in [2.75, 3.05) is 38.4 Å². The van der Waals surface area contributed by atoms with E-state index in [4.69, 9.17) is 9.47 Å². The van der Waals surface area contributed by atoms with E-state index >= 15 is 0 Å². The van der Waals surface area contributed by atoms with Gasteiger partial charge in [-0.3, -0.25) is 0 Å². The van der Waals surface area contributed by atoms with Crippen molar-refractivity contribution in [3.8, 4) is 0 Å². The lowest BCUT2D eigenvalue weighted by Gasteiger charge is -2.03. The maximum atomic E-state index is 5.27. The van der Waals surface area contributed by atoms with Gasteiger partial charge in [0.05, 0.1) is 19.8 Å². The molecule has 11 heavy (non-hydrogen) atoms. The van der Waals surface area contributed by atoms with E-state index in [-0.39, 0.29) is 0 Å². The molecular weight excluding hydrogens is 160 g/mol. The first-order valence-electron chi connectivity index (χ1n) is 4.06. The Morgan fingerprint density at radius 2 is 1.64 bits per heavy atom. The Kier molecular flexibility index (Phi) is 10.5. The highest BCUT2D eigenvalue weighted by Gasteiger charge is 1.87. The molecule has 0 aliphatic carbocycles. The highest BCUT2D eigenvalue weighted by Crippen LogP contribution is 1.90. The Bertz CT molecular complexity index is 61.1. The van der Waals surface area contributed by atoms with Gasteiger partial charge < -0.3 is 9.47 Å². The van der Waals surface area contributed by atoms with E-state index < -0.39 is 0 Å². The van der Waals surface area contributed by atoms with Crippen LogP contribution in [0.2, 0.25) is 0 Å². The summed E-state index contributed by atoms with van der Waals surface area (Å²) in [7, 11) is 0. The SMILES string of the molecule is CCCOCCOCCSC. The molecule has 0 aromatic carbocycles. The van der Waals surface area contributed by atoms with Gasteiger partial charge >= 0.3 is 0 Å². The molecular formula is C8H18O2S. The molecule has 0 fully saturated rings. The topological polar surface area (TPSA) is 18.5 Å². The van der Waals surface area contributed by atoms with Crippen molar-refractivity contribution in [1.29, 1.82) is 0 Å². The Labute approximate surface area is 73.6 Å². The molecule has 0 spiro atoms. The number of thioether (sulfide) groups is 1. The fourth-order valence-corrected chi connectivity index (χ4v) is 0.893. The van der Waals surface area contributed by atoms with E-state index in [0.29, 0.717) is 0 Å². The molecule has 0 aliphatic rings. The van der Waals surface area contributed by atoms with E-state index in [1.54, 1.807) is 11.8 Å². The summed E-state index contributed by atoms with van der Waals surface area (Å²) in [6.45, 7) is 5.28. The van der Waals surface area contributed by atoms with Gasteiger partial charge in [0.1, 0.15) is 0 Å². The fourth-order valence-electron chi connectivity index (χ4n) is 0.609. The normalized spacial score (nSPS) is 10.4. The molecule has 0 saturated carbocycles. The fraction of sp³-hybridized carbons (Fsp3) is 1.00. The van der Waals surface area contributed by atoms with E-state index in [0.717, 1.165) is 38.6 Å². The molecule has 2 nitrogen and oxygen atoms in total. The van der Waals surface area contributed by atoms with Crippen molar-refractivity contribution >= 4 is 11.8 Å². The number of rotatable bonds is 8. The summed E-state index contributed by atoms with van der Waals surface area (Å²) in [6, 6.07) is 0. The molecule has 0 N–H and O–H groups in total. The van der Waals surface area contributed by atoms with Crippen LogP contribution in [-0.4, -0.2) is 38.4 Å². The summed E-state index contributed by atoms with van der Waals surface area (Å²) in [4.78, 5) is 0. The lowest BCUT2D eigenvalue weighted by atomic mass is 10.5. The van der Waals surface area contributed by atoms with Gasteiger partial charge in [-0.25, -0.2) is 0 Å². The molecule has 0 saturated heterocycles. The van der Waals surface area contributed by atoms with Crippen LogP contribution >= 0.6 is 11.8 Å². The second-order valence-corrected chi connectivity index (χ2v) is 3.20. The third-order valence-electron chi connectivity index (χ3n) is 1.15. The molecule has 0 atom stereocenters. The second kappa shape index (κ2) is 10.3. The molecule has 3 heteroatoms. The van der Waals surface area contributed by atoms with E-state index in [2.05, 4.69) is 13.2 Å². The quantitative estimate of drug-likeness (QED) is 0.528. The number of ether oxygens (including phenoxy) is 2. The van der Waals surface area contributed by atoms with Crippen molar-refractivity contribution < 1.29 is 9.47 Å². The largest absolute Gasteiger partial charge is 0.379 e. The van der Waals surface area contributed by atoms with Crippen LogP contribution in [0.1, 0.15) is 13.3 Å². The van der Waals surface area contributed by atoms with E-state index in [1.165, 1.54) is 0 Å². The van der Waals surface area contributed by atoms with E-state index in [1.807, 2.05) is 0 Å². The van der Waals surface area contributed by atoms with Crippen LogP contribution < -0.4 is 0 Å². The first kappa shape index (κ1) is 11.3. The molecule has 0 rings (SSSR count). The van der Waals surface area contributed by atoms with Crippen LogP contribution in [0.4, 0.5) is 0 Å². The zero-order valence-electron chi connectivity index (χ0n) is 7.47. The van der Waals surface area contributed by atoms with Crippen LogP contribution in [0.3, 0.4) is 0 Å². The van der Waals surface area contributed by atoms with Crippen molar-refractivity contribution in [1.82, 2.24) is 0 Å². The molecule has 0 aromatic rings. The Morgan fingerprint density at radius 3 is 2.18 bits per heavy atom. The van der Waals surface area contributed by atoms with Gasteiger partial charge in [-0.1, -0.05) is 6.92 Å². The van der Waals surface area contributed by atoms with Crippen LogP contribution in [0.5, 0.6) is 0 Å². The van der Waals surface area contributed by atoms with Crippen molar-refractivity contribution in [3.05, 3.63) is 0 Å². The highest BCUT2D eigenvalue weighted by atomic mass is 32.2. The van der Waals surface area contributed by atoms with Crippen molar-refractivity contribution in [3.63, 3.8) is 0 Å². The van der Waals surface area contributed by atoms with Crippen LogP contribution in [0.15, 0.2) is 0 Å². The summed E-state index contributed by atoms with van der Waals surface area (Å²) in [6.07, 6.45) is 3.17. The second-order valence-electron chi connectivity index (χ2n) is 2.22. The summed E-state index contributed by atoms with van der Waals surface area (Å²) in [5.41, 5.74) is 0. The zero-order valence-corrected chi connectivity index (χ0v) is 8.28. The maximum absolute atomic E-state index is 5.27. The smallest absolute Gasteiger partial charge is 0.0700 e. The summed E-state index contributed by atoms with van der Waals surface area (Å²) in [5.74, 6) is 1.08. The standard InChI is InChI=1S/C8H18O2S/c1-3-4-9-5-6-10-7-8-11-2/h3-8H2,1-2H3. The van der Waals surface area contributed by atoms with Gasteiger partial charge in [0.15, 0.2) is 0 Å². The highest BCUT2D eigenvalue weighted by molar-refractivity contribution is 7.98. The van der Waals surface area contributed by atoms with Crippen molar-refractivity contribution in [2.24, 2.45) is 0 Å². The molecule has 0 heterocycles. The zero-order chi connectivity index (χ0) is 8.36. The minimum atomic E-state index is 0.737. The predicted molar refractivity (Wildman–Crippen MR) is 50.3 cm³/mol. The van der Waals surface area contributed by atoms with Gasteiger partial charge in [0.2, 0.25) is 0 Å². The molecule has 0 aromatic heterocycles. The summed E-state index contributed by atoms with van der Waals surface area (Å²) in [5, 5.41) is 0. The Hall–Kier alpha value is 0.270. The molecule has 0 amide bonds. The third kappa shape index (κ3) is 10.3. The maximum Gasteiger partial charge on any atom is 0.0700 e. The summed E-state index contributed by atoms with van der Waals surface area (Å²) < 4.78 is 10.5. The number of hydrogen-bond donors (Lipinski definition) is 0. The first-order chi connectivity index (χ1) is 5.41.